The van der Waals surface area contributed by atoms with Gasteiger partial charge >= 0.3 is 0 Å². The van der Waals surface area contributed by atoms with Crippen LogP contribution >= 0.6 is 22.7 Å². The Morgan fingerprint density at radius 3 is 2.81 bits per heavy atom. The number of aryl methyl sites for hydroxylation is 2. The van der Waals surface area contributed by atoms with Gasteiger partial charge in [-0.25, -0.2) is 0 Å². The van der Waals surface area contributed by atoms with E-state index in [0.717, 1.165) is 17.7 Å². The van der Waals surface area contributed by atoms with E-state index in [1.54, 1.807) is 22.7 Å². The molecule has 0 radical (unpaired) electrons. The van der Waals surface area contributed by atoms with Crippen LogP contribution in [0.25, 0.3) is 0 Å². The van der Waals surface area contributed by atoms with E-state index in [1.165, 1.54) is 10.4 Å². The fourth-order valence-electron chi connectivity index (χ4n) is 1.66. The van der Waals surface area contributed by atoms with Gasteiger partial charge in [-0.1, -0.05) is 13.0 Å². The molecule has 0 amide bonds. The Labute approximate surface area is 104 Å². The van der Waals surface area contributed by atoms with Crippen molar-refractivity contribution in [2.45, 2.75) is 26.2 Å². The van der Waals surface area contributed by atoms with E-state index in [4.69, 9.17) is 0 Å². The molecule has 0 unspecified atom stereocenters. The van der Waals surface area contributed by atoms with Crippen LogP contribution in [-0.2, 0) is 12.8 Å². The molecule has 0 aliphatic carbocycles. The molecule has 84 valence electrons. The molecule has 0 saturated carbocycles. The minimum absolute atomic E-state index is 0.292. The molecule has 2 heterocycles. The molecule has 3 heteroatoms. The largest absolute Gasteiger partial charge is 0.293 e. The molecule has 0 spiro atoms. The number of rotatable bonds is 5. The summed E-state index contributed by atoms with van der Waals surface area (Å²) in [5, 5.41) is 4.07. The summed E-state index contributed by atoms with van der Waals surface area (Å²) in [4.78, 5) is 14.2. The first-order chi connectivity index (χ1) is 7.81. The van der Waals surface area contributed by atoms with Crippen LogP contribution in [0.1, 0.15) is 33.5 Å². The Kier molecular flexibility index (Phi) is 3.91. The van der Waals surface area contributed by atoms with Gasteiger partial charge in [0.2, 0.25) is 0 Å². The van der Waals surface area contributed by atoms with E-state index in [2.05, 4.69) is 24.4 Å². The van der Waals surface area contributed by atoms with E-state index in [9.17, 15) is 4.79 Å². The maximum absolute atomic E-state index is 12.0. The number of carbonyl (C=O) groups is 1. The maximum Gasteiger partial charge on any atom is 0.173 e. The monoisotopic (exact) mass is 250 g/mol. The molecule has 0 saturated heterocycles. The summed E-state index contributed by atoms with van der Waals surface area (Å²) in [5.74, 6) is 0.292. The summed E-state index contributed by atoms with van der Waals surface area (Å²) in [7, 11) is 0. The molecular formula is C13H14OS2. The zero-order chi connectivity index (χ0) is 11.4. The lowest BCUT2D eigenvalue weighted by Gasteiger charge is -2.00. The van der Waals surface area contributed by atoms with Crippen molar-refractivity contribution >= 4 is 28.5 Å². The van der Waals surface area contributed by atoms with Crippen molar-refractivity contribution < 1.29 is 4.79 Å². The molecule has 0 aliphatic heterocycles. The summed E-state index contributed by atoms with van der Waals surface area (Å²) in [6, 6.07) is 6.18. The van der Waals surface area contributed by atoms with Gasteiger partial charge in [0, 0.05) is 11.3 Å². The van der Waals surface area contributed by atoms with Gasteiger partial charge in [0.1, 0.15) is 0 Å². The third-order valence-corrected chi connectivity index (χ3v) is 4.49. The maximum atomic E-state index is 12.0. The first-order valence-corrected chi connectivity index (χ1v) is 7.19. The molecule has 0 fully saturated rings. The Balaban J connectivity index is 1.98. The molecule has 0 aromatic carbocycles. The van der Waals surface area contributed by atoms with Crippen LogP contribution in [0, 0.1) is 0 Å². The van der Waals surface area contributed by atoms with Crippen LogP contribution in [0.2, 0.25) is 0 Å². The Morgan fingerprint density at radius 1 is 1.25 bits per heavy atom. The number of Topliss-reactive ketones (excluding diaryl/α,β-unsaturated/α-hetero) is 1. The second kappa shape index (κ2) is 5.41. The van der Waals surface area contributed by atoms with Crippen molar-refractivity contribution in [2.75, 3.05) is 0 Å². The van der Waals surface area contributed by atoms with Crippen LogP contribution in [0.4, 0.5) is 0 Å². The van der Waals surface area contributed by atoms with Gasteiger partial charge in [-0.2, -0.15) is 0 Å². The number of ketones is 1. The van der Waals surface area contributed by atoms with Crippen molar-refractivity contribution in [2.24, 2.45) is 0 Å². The van der Waals surface area contributed by atoms with E-state index in [-0.39, 0.29) is 0 Å². The summed E-state index contributed by atoms with van der Waals surface area (Å²) < 4.78 is 0. The highest BCUT2D eigenvalue weighted by Gasteiger charge is 2.11. The number of carbonyl (C=O) groups excluding carboxylic acids is 1. The van der Waals surface area contributed by atoms with Gasteiger partial charge in [0.25, 0.3) is 0 Å². The Hall–Kier alpha value is -0.930. The molecule has 2 aromatic rings. The highest BCUT2D eigenvalue weighted by molar-refractivity contribution is 7.12. The van der Waals surface area contributed by atoms with Gasteiger partial charge in [-0.05, 0) is 41.3 Å². The fraction of sp³-hybridized carbons (Fsp3) is 0.308. The van der Waals surface area contributed by atoms with Crippen molar-refractivity contribution in [3.05, 3.63) is 44.3 Å². The molecule has 0 bridgehead atoms. The molecule has 0 N–H and O–H groups in total. The third kappa shape index (κ3) is 2.60. The van der Waals surface area contributed by atoms with Crippen LogP contribution in [0.3, 0.4) is 0 Å². The average Bonchev–Trinajstić information content (AvgIpc) is 2.96. The first-order valence-electron chi connectivity index (χ1n) is 5.43. The van der Waals surface area contributed by atoms with E-state index in [0.29, 0.717) is 12.2 Å². The van der Waals surface area contributed by atoms with Crippen LogP contribution < -0.4 is 0 Å². The predicted molar refractivity (Wildman–Crippen MR) is 70.7 cm³/mol. The minimum atomic E-state index is 0.292. The molecule has 0 atom stereocenters. The molecule has 2 aromatic heterocycles. The molecule has 16 heavy (non-hydrogen) atoms. The zero-order valence-electron chi connectivity index (χ0n) is 9.23. The van der Waals surface area contributed by atoms with E-state index in [1.807, 2.05) is 11.4 Å². The normalized spacial score (nSPS) is 10.6. The van der Waals surface area contributed by atoms with Gasteiger partial charge in [0.05, 0.1) is 4.88 Å². The van der Waals surface area contributed by atoms with Crippen LogP contribution in [-0.4, -0.2) is 5.78 Å². The summed E-state index contributed by atoms with van der Waals surface area (Å²) >= 11 is 3.30. The first kappa shape index (κ1) is 11.6. The topological polar surface area (TPSA) is 17.1 Å². The zero-order valence-corrected chi connectivity index (χ0v) is 10.9. The molecule has 0 aliphatic rings. The van der Waals surface area contributed by atoms with Crippen molar-refractivity contribution in [3.63, 3.8) is 0 Å². The quantitative estimate of drug-likeness (QED) is 0.727. The lowest BCUT2D eigenvalue weighted by Crippen LogP contribution is -2.00. The Bertz CT molecular complexity index is 454. The molecular weight excluding hydrogens is 236 g/mol. The third-order valence-electron chi connectivity index (χ3n) is 2.56. The van der Waals surface area contributed by atoms with Gasteiger partial charge < -0.3 is 0 Å². The number of hydrogen-bond donors (Lipinski definition) is 0. The average molecular weight is 250 g/mol. The standard InChI is InChI=1S/C13H14OS2/c1-2-10-7-9-16-13(10)12(14)6-5-11-4-3-8-15-11/h3-4,7-9H,2,5-6H2,1H3. The summed E-state index contributed by atoms with van der Waals surface area (Å²) in [5.41, 5.74) is 1.20. The lowest BCUT2D eigenvalue weighted by molar-refractivity contribution is 0.0986. The predicted octanol–water partition coefficient (Wildman–Crippen LogP) is 4.19. The molecule has 2 rings (SSSR count). The number of hydrogen-bond acceptors (Lipinski definition) is 3. The SMILES string of the molecule is CCc1ccsc1C(=O)CCc1cccs1. The van der Waals surface area contributed by atoms with Crippen molar-refractivity contribution in [1.29, 1.82) is 0 Å². The van der Waals surface area contributed by atoms with Crippen molar-refractivity contribution in [3.8, 4) is 0 Å². The van der Waals surface area contributed by atoms with Gasteiger partial charge in [-0.15, -0.1) is 22.7 Å². The lowest BCUT2D eigenvalue weighted by atomic mass is 10.1. The second-order valence-corrected chi connectivity index (χ2v) is 5.58. The highest BCUT2D eigenvalue weighted by Crippen LogP contribution is 2.21. The minimum Gasteiger partial charge on any atom is -0.293 e. The van der Waals surface area contributed by atoms with Crippen LogP contribution in [0.15, 0.2) is 29.0 Å². The van der Waals surface area contributed by atoms with Gasteiger partial charge in [-0.3, -0.25) is 4.79 Å². The summed E-state index contributed by atoms with van der Waals surface area (Å²) in [6.45, 7) is 2.10. The Morgan fingerprint density at radius 2 is 2.12 bits per heavy atom. The van der Waals surface area contributed by atoms with Crippen LogP contribution in [0.5, 0.6) is 0 Å². The van der Waals surface area contributed by atoms with E-state index < -0.39 is 0 Å². The molecule has 1 nitrogen and oxygen atoms in total. The smallest absolute Gasteiger partial charge is 0.173 e. The second-order valence-electron chi connectivity index (χ2n) is 3.63. The summed E-state index contributed by atoms with van der Waals surface area (Å²) in [6.07, 6.45) is 2.45. The highest BCUT2D eigenvalue weighted by atomic mass is 32.1. The number of thiophene rings is 2. The van der Waals surface area contributed by atoms with Gasteiger partial charge in [0.15, 0.2) is 5.78 Å². The van der Waals surface area contributed by atoms with Crippen molar-refractivity contribution in [1.82, 2.24) is 0 Å². The fourth-order valence-corrected chi connectivity index (χ4v) is 3.34. The van der Waals surface area contributed by atoms with E-state index >= 15 is 0 Å².